The summed E-state index contributed by atoms with van der Waals surface area (Å²) >= 11 is 0. The van der Waals surface area contributed by atoms with E-state index in [0.29, 0.717) is 5.69 Å². The van der Waals surface area contributed by atoms with Crippen LogP contribution in [0.15, 0.2) is 30.5 Å². The maximum Gasteiger partial charge on any atom is 0.147 e. The summed E-state index contributed by atoms with van der Waals surface area (Å²) in [4.78, 5) is 3.84. The fourth-order valence-electron chi connectivity index (χ4n) is 1.41. The first-order valence-electron chi connectivity index (χ1n) is 5.01. The third kappa shape index (κ3) is 2.33. The van der Waals surface area contributed by atoms with Crippen molar-refractivity contribution in [2.24, 2.45) is 0 Å². The molecule has 0 atom stereocenters. The van der Waals surface area contributed by atoms with Crippen molar-refractivity contribution in [3.05, 3.63) is 47.7 Å². The van der Waals surface area contributed by atoms with Gasteiger partial charge in [0.15, 0.2) is 0 Å². The number of aromatic nitrogens is 1. The fraction of sp³-hybridized carbons (Fsp3) is 0.0833. The SMILES string of the molecule is Cc1cc(F)c(Nc2cccnc2N)cc1F. The van der Waals surface area contributed by atoms with Crippen LogP contribution in [0.4, 0.5) is 26.0 Å². The van der Waals surface area contributed by atoms with Crippen LogP contribution in [0.5, 0.6) is 0 Å². The molecule has 3 nitrogen and oxygen atoms in total. The molecule has 0 amide bonds. The Morgan fingerprint density at radius 3 is 2.65 bits per heavy atom. The summed E-state index contributed by atoms with van der Waals surface area (Å²) in [6.07, 6.45) is 1.52. The minimum absolute atomic E-state index is 0.0350. The average Bonchev–Trinajstić information content (AvgIpc) is 2.29. The molecule has 1 aromatic carbocycles. The first-order valence-corrected chi connectivity index (χ1v) is 5.01. The molecule has 0 aliphatic rings. The molecule has 0 fully saturated rings. The van der Waals surface area contributed by atoms with E-state index in [2.05, 4.69) is 10.3 Å². The predicted octanol–water partition coefficient (Wildman–Crippen LogP) is 2.99. The monoisotopic (exact) mass is 235 g/mol. The maximum atomic E-state index is 13.6. The van der Waals surface area contributed by atoms with Crippen molar-refractivity contribution in [1.82, 2.24) is 4.98 Å². The van der Waals surface area contributed by atoms with E-state index in [1.165, 1.54) is 13.1 Å². The third-order valence-electron chi connectivity index (χ3n) is 2.36. The highest BCUT2D eigenvalue weighted by Gasteiger charge is 2.08. The summed E-state index contributed by atoms with van der Waals surface area (Å²) in [5.41, 5.74) is 6.33. The number of hydrogen-bond donors (Lipinski definition) is 2. The predicted molar refractivity (Wildman–Crippen MR) is 63.0 cm³/mol. The molecule has 0 saturated carbocycles. The first kappa shape index (κ1) is 11.3. The number of pyridine rings is 1. The Labute approximate surface area is 97.3 Å². The highest BCUT2D eigenvalue weighted by Crippen LogP contribution is 2.25. The number of nitrogens with one attached hydrogen (secondary N) is 1. The Hall–Kier alpha value is -2.17. The number of rotatable bonds is 2. The van der Waals surface area contributed by atoms with Crippen molar-refractivity contribution in [2.75, 3.05) is 11.1 Å². The van der Waals surface area contributed by atoms with Crippen LogP contribution >= 0.6 is 0 Å². The lowest BCUT2D eigenvalue weighted by Gasteiger charge is -2.10. The van der Waals surface area contributed by atoms with Gasteiger partial charge in [0.1, 0.15) is 17.5 Å². The smallest absolute Gasteiger partial charge is 0.147 e. The second-order valence-electron chi connectivity index (χ2n) is 3.64. The minimum Gasteiger partial charge on any atom is -0.382 e. The lowest BCUT2D eigenvalue weighted by atomic mass is 10.2. The van der Waals surface area contributed by atoms with Gasteiger partial charge in [-0.05, 0) is 30.7 Å². The zero-order valence-corrected chi connectivity index (χ0v) is 9.17. The zero-order chi connectivity index (χ0) is 12.4. The molecule has 3 N–H and O–H groups in total. The van der Waals surface area contributed by atoms with Crippen LogP contribution in [-0.2, 0) is 0 Å². The molecule has 1 heterocycles. The van der Waals surface area contributed by atoms with E-state index >= 15 is 0 Å². The van der Waals surface area contributed by atoms with Crippen molar-refractivity contribution in [1.29, 1.82) is 0 Å². The Morgan fingerprint density at radius 2 is 1.94 bits per heavy atom. The lowest BCUT2D eigenvalue weighted by Crippen LogP contribution is -2.01. The molecule has 5 heteroatoms. The van der Waals surface area contributed by atoms with Crippen LogP contribution in [0.25, 0.3) is 0 Å². The van der Waals surface area contributed by atoms with Gasteiger partial charge in [-0.15, -0.1) is 0 Å². The van der Waals surface area contributed by atoms with Crippen LogP contribution in [0.2, 0.25) is 0 Å². The molecule has 2 aromatic rings. The molecule has 0 radical (unpaired) electrons. The summed E-state index contributed by atoms with van der Waals surface area (Å²) < 4.78 is 26.9. The summed E-state index contributed by atoms with van der Waals surface area (Å²) in [6, 6.07) is 5.52. The van der Waals surface area contributed by atoms with Crippen LogP contribution in [0, 0.1) is 18.6 Å². The fourth-order valence-corrected chi connectivity index (χ4v) is 1.41. The lowest BCUT2D eigenvalue weighted by molar-refractivity contribution is 0.595. The van der Waals surface area contributed by atoms with Crippen LogP contribution < -0.4 is 11.1 Å². The molecule has 0 spiro atoms. The van der Waals surface area contributed by atoms with Gasteiger partial charge in [0.05, 0.1) is 11.4 Å². The number of anilines is 3. The standard InChI is InChI=1S/C12H11F2N3/c1-7-5-9(14)11(6-8(7)13)17-10-3-2-4-16-12(10)15/h2-6,17H,1H3,(H2,15,16). The number of nitrogens with two attached hydrogens (primary N) is 1. The molecule has 17 heavy (non-hydrogen) atoms. The quantitative estimate of drug-likeness (QED) is 0.841. The first-order chi connectivity index (χ1) is 8.08. The van der Waals surface area contributed by atoms with Gasteiger partial charge < -0.3 is 11.1 Å². The molecular formula is C12H11F2N3. The van der Waals surface area contributed by atoms with E-state index in [4.69, 9.17) is 5.73 Å². The van der Waals surface area contributed by atoms with E-state index in [0.717, 1.165) is 12.1 Å². The average molecular weight is 235 g/mol. The molecule has 0 saturated heterocycles. The molecule has 88 valence electrons. The highest BCUT2D eigenvalue weighted by atomic mass is 19.1. The highest BCUT2D eigenvalue weighted by molar-refractivity contribution is 5.69. The molecule has 0 aliphatic carbocycles. The second kappa shape index (κ2) is 4.37. The Morgan fingerprint density at radius 1 is 1.18 bits per heavy atom. The van der Waals surface area contributed by atoms with Crippen molar-refractivity contribution >= 4 is 17.2 Å². The largest absolute Gasteiger partial charge is 0.382 e. The van der Waals surface area contributed by atoms with Gasteiger partial charge in [-0.2, -0.15) is 0 Å². The normalized spacial score (nSPS) is 10.3. The van der Waals surface area contributed by atoms with Crippen molar-refractivity contribution in [2.45, 2.75) is 6.92 Å². The van der Waals surface area contributed by atoms with Crippen molar-refractivity contribution in [3.8, 4) is 0 Å². The summed E-state index contributed by atoms with van der Waals surface area (Å²) in [5.74, 6) is -0.781. The molecule has 0 bridgehead atoms. The Bertz CT molecular complexity index is 555. The van der Waals surface area contributed by atoms with Crippen LogP contribution in [-0.4, -0.2) is 4.98 Å². The number of benzene rings is 1. The van der Waals surface area contributed by atoms with E-state index in [9.17, 15) is 8.78 Å². The molecule has 0 unspecified atom stereocenters. The molecule has 1 aromatic heterocycles. The molecule has 2 rings (SSSR count). The van der Waals surface area contributed by atoms with Gasteiger partial charge in [0.25, 0.3) is 0 Å². The summed E-state index contributed by atoms with van der Waals surface area (Å²) in [6.45, 7) is 1.50. The number of nitrogen functional groups attached to an aromatic ring is 1. The van der Waals surface area contributed by atoms with Gasteiger partial charge in [-0.25, -0.2) is 13.8 Å². The van der Waals surface area contributed by atoms with Gasteiger partial charge in [0.2, 0.25) is 0 Å². The molecular weight excluding hydrogens is 224 g/mol. The van der Waals surface area contributed by atoms with E-state index in [1.807, 2.05) is 0 Å². The zero-order valence-electron chi connectivity index (χ0n) is 9.17. The maximum absolute atomic E-state index is 13.6. The van der Waals surface area contributed by atoms with E-state index < -0.39 is 11.6 Å². The number of halogens is 2. The Balaban J connectivity index is 2.37. The topological polar surface area (TPSA) is 50.9 Å². The number of hydrogen-bond acceptors (Lipinski definition) is 3. The van der Waals surface area contributed by atoms with Crippen molar-refractivity contribution < 1.29 is 8.78 Å². The number of aryl methyl sites for hydroxylation is 1. The van der Waals surface area contributed by atoms with E-state index in [1.54, 1.807) is 12.1 Å². The van der Waals surface area contributed by atoms with Gasteiger partial charge >= 0.3 is 0 Å². The Kier molecular flexibility index (Phi) is 2.91. The van der Waals surface area contributed by atoms with Gasteiger partial charge in [-0.3, -0.25) is 0 Å². The third-order valence-corrected chi connectivity index (χ3v) is 2.36. The number of nitrogens with zero attached hydrogens (tertiary/aromatic N) is 1. The second-order valence-corrected chi connectivity index (χ2v) is 3.64. The molecule has 0 aliphatic heterocycles. The van der Waals surface area contributed by atoms with Gasteiger partial charge in [-0.1, -0.05) is 0 Å². The summed E-state index contributed by atoms with van der Waals surface area (Å²) in [5, 5.41) is 2.71. The van der Waals surface area contributed by atoms with Crippen LogP contribution in [0.3, 0.4) is 0 Å². The minimum atomic E-state index is -0.535. The van der Waals surface area contributed by atoms with Crippen LogP contribution in [0.1, 0.15) is 5.56 Å². The van der Waals surface area contributed by atoms with E-state index in [-0.39, 0.29) is 17.1 Å². The van der Waals surface area contributed by atoms with Crippen molar-refractivity contribution in [3.63, 3.8) is 0 Å². The van der Waals surface area contributed by atoms with Gasteiger partial charge in [0, 0.05) is 12.3 Å². The summed E-state index contributed by atoms with van der Waals surface area (Å²) in [7, 11) is 0.